The zero-order valence-corrected chi connectivity index (χ0v) is 37.3. The predicted octanol–water partition coefficient (Wildman–Crippen LogP) is 10.3. The van der Waals surface area contributed by atoms with Crippen molar-refractivity contribution in [2.75, 3.05) is 0 Å². The molecule has 308 valence electrons. The molecule has 2 atom stereocenters. The Kier molecular flexibility index (Phi) is 9.93. The molecule has 0 spiro atoms. The number of para-hydroxylation sites is 4. The number of benzene rings is 8. The van der Waals surface area contributed by atoms with Crippen LogP contribution < -0.4 is 20.7 Å². The Hall–Kier alpha value is -7.01. The molecule has 1 aliphatic heterocycles. The number of hydrogen-bond acceptors (Lipinski definition) is 2. The first-order valence-corrected chi connectivity index (χ1v) is 23.4. The molecular formula is C57H39FN4PdSi. The third kappa shape index (κ3) is 6.11. The Balaban J connectivity index is 0.00000456. The summed E-state index contributed by atoms with van der Waals surface area (Å²) in [7, 11) is -1.17. The Morgan fingerprint density at radius 2 is 1.23 bits per heavy atom. The Morgan fingerprint density at radius 3 is 1.95 bits per heavy atom. The minimum atomic E-state index is -3.17. The van der Waals surface area contributed by atoms with Gasteiger partial charge in [0.25, 0.3) is 0 Å². The molecule has 0 radical (unpaired) electrons. The van der Waals surface area contributed by atoms with Crippen molar-refractivity contribution < 1.29 is 24.8 Å². The molecule has 0 saturated heterocycles. The molecule has 7 heteroatoms. The summed E-state index contributed by atoms with van der Waals surface area (Å²) in [5.41, 5.74) is 9.96. The summed E-state index contributed by atoms with van der Waals surface area (Å²) in [5.74, 6) is 0.419. The molecule has 3 aromatic heterocycles. The number of pyridine rings is 1. The molecule has 4 heterocycles. The summed E-state index contributed by atoms with van der Waals surface area (Å²) in [6, 6.07) is 77.5. The van der Waals surface area contributed by atoms with Gasteiger partial charge < -0.3 is 9.13 Å². The van der Waals surface area contributed by atoms with Gasteiger partial charge in [-0.15, -0.1) is 46.1 Å². The molecule has 0 N–H and O–H groups in total. The molecule has 64 heavy (non-hydrogen) atoms. The molecular weight excluding hydrogens is 894 g/mol. The first-order chi connectivity index (χ1) is 31.1. The molecule has 8 aromatic carbocycles. The second-order valence-electron chi connectivity index (χ2n) is 16.4. The SMILES string of the molecule is Cn1c(-c2[c-]c(C(F)c3[c-]c4c(cc3)[Si](c3ccccc3)(c3ccccc3)c3cc5c(cc3C4c3ccccn3)c3ccccc3n5-c3ccccc3)ccc2)nc2ccccc21.[Pd+2]. The number of fused-ring (bicyclic) bond motifs is 6. The van der Waals surface area contributed by atoms with Crippen LogP contribution in [0.3, 0.4) is 0 Å². The minimum Gasteiger partial charge on any atom is -0.367 e. The molecule has 0 bridgehead atoms. The zero-order valence-electron chi connectivity index (χ0n) is 34.8. The Labute approximate surface area is 386 Å². The number of nitrogens with zero attached hydrogens (tertiary/aromatic N) is 4. The van der Waals surface area contributed by atoms with Gasteiger partial charge in [-0.25, -0.2) is 4.39 Å². The average molecular weight is 933 g/mol. The van der Waals surface area contributed by atoms with Crippen LogP contribution in [0.25, 0.3) is 49.9 Å². The zero-order chi connectivity index (χ0) is 42.1. The predicted molar refractivity (Wildman–Crippen MR) is 256 cm³/mol. The van der Waals surface area contributed by atoms with E-state index in [1.54, 1.807) is 0 Å². The van der Waals surface area contributed by atoms with Crippen LogP contribution in [0.4, 0.5) is 4.39 Å². The molecule has 0 amide bonds. The van der Waals surface area contributed by atoms with Gasteiger partial charge >= 0.3 is 20.4 Å². The van der Waals surface area contributed by atoms with Crippen molar-refractivity contribution in [2.24, 2.45) is 7.05 Å². The van der Waals surface area contributed by atoms with Gasteiger partial charge in [0.15, 0.2) is 0 Å². The fourth-order valence-electron chi connectivity index (χ4n) is 10.3. The number of hydrogen-bond donors (Lipinski definition) is 0. The molecule has 1 aliphatic rings. The van der Waals surface area contributed by atoms with Crippen LogP contribution in [0.15, 0.2) is 206 Å². The standard InChI is InChI=1S/C57H39FN4Si.Pd/c1-61-51-30-14-12-27-48(51)60-57(61)40-19-17-18-38(34-40)56(58)39-31-32-53-46(35-39)55(49-28-15-16-33-59-49)47-36-45-44-26-11-13-29-50(44)62(41-20-5-2-6-21-41)52(45)37-54(47)63(53,42-22-7-3-8-23-42)43-24-9-4-10-25-43;/h2-33,36-37,55-56H,1H3;/q-2;+2. The van der Waals surface area contributed by atoms with Gasteiger partial charge in [-0.1, -0.05) is 136 Å². The van der Waals surface area contributed by atoms with E-state index >= 15 is 4.39 Å². The molecule has 0 aliphatic carbocycles. The van der Waals surface area contributed by atoms with E-state index in [9.17, 15) is 0 Å². The maximum Gasteiger partial charge on any atom is 2.00 e. The van der Waals surface area contributed by atoms with Crippen LogP contribution in [-0.4, -0.2) is 27.2 Å². The topological polar surface area (TPSA) is 35.6 Å². The van der Waals surface area contributed by atoms with E-state index in [1.807, 2.05) is 72.4 Å². The monoisotopic (exact) mass is 932 g/mol. The van der Waals surface area contributed by atoms with Crippen LogP contribution in [-0.2, 0) is 27.5 Å². The summed E-state index contributed by atoms with van der Waals surface area (Å²) in [4.78, 5) is 9.98. The van der Waals surface area contributed by atoms with Gasteiger partial charge in [-0.05, 0) is 60.2 Å². The number of rotatable bonds is 7. The van der Waals surface area contributed by atoms with Crippen LogP contribution in [0.1, 0.15) is 40.0 Å². The fraction of sp³-hybridized carbons (Fsp3) is 0.0526. The van der Waals surface area contributed by atoms with E-state index in [4.69, 9.17) is 9.97 Å². The van der Waals surface area contributed by atoms with Crippen LogP contribution >= 0.6 is 0 Å². The maximum absolute atomic E-state index is 17.6. The van der Waals surface area contributed by atoms with Gasteiger partial charge in [-0.3, -0.25) is 9.97 Å². The van der Waals surface area contributed by atoms with E-state index in [0.717, 1.165) is 55.8 Å². The average Bonchev–Trinajstić information content (AvgIpc) is 3.87. The second-order valence-corrected chi connectivity index (χ2v) is 20.2. The van der Waals surface area contributed by atoms with Crippen LogP contribution in [0, 0.1) is 12.1 Å². The first kappa shape index (κ1) is 39.8. The van der Waals surface area contributed by atoms with Crippen molar-refractivity contribution in [3.05, 3.63) is 246 Å². The third-order valence-corrected chi connectivity index (χ3v) is 17.9. The molecule has 11 aromatic rings. The molecule has 12 rings (SSSR count). The van der Waals surface area contributed by atoms with Gasteiger partial charge in [0.05, 0.1) is 33.6 Å². The van der Waals surface area contributed by atoms with Crippen molar-refractivity contribution in [3.8, 4) is 17.1 Å². The normalized spacial score (nSPS) is 14.5. The Bertz CT molecular complexity index is 3460. The van der Waals surface area contributed by atoms with E-state index < -0.39 is 14.2 Å². The van der Waals surface area contributed by atoms with Crippen molar-refractivity contribution in [3.63, 3.8) is 0 Å². The molecule has 0 fully saturated rings. The molecule has 2 unspecified atom stereocenters. The van der Waals surface area contributed by atoms with Gasteiger partial charge in [0.1, 0.15) is 14.2 Å². The minimum absolute atomic E-state index is 0. The quantitative estimate of drug-likeness (QED) is 0.118. The summed E-state index contributed by atoms with van der Waals surface area (Å²) in [6.45, 7) is 0. The maximum atomic E-state index is 17.6. The van der Waals surface area contributed by atoms with E-state index in [0.29, 0.717) is 11.1 Å². The number of imidazole rings is 1. The summed E-state index contributed by atoms with van der Waals surface area (Å²) in [5, 5.41) is 7.31. The van der Waals surface area contributed by atoms with Crippen LogP contribution in [0.5, 0.6) is 0 Å². The van der Waals surface area contributed by atoms with Crippen molar-refractivity contribution in [1.82, 2.24) is 19.1 Å². The summed E-state index contributed by atoms with van der Waals surface area (Å²) >= 11 is 0. The van der Waals surface area contributed by atoms with Crippen molar-refractivity contribution in [2.45, 2.75) is 12.1 Å². The van der Waals surface area contributed by atoms with Gasteiger partial charge in [0, 0.05) is 35.6 Å². The van der Waals surface area contributed by atoms with Gasteiger partial charge in [0.2, 0.25) is 0 Å². The second kappa shape index (κ2) is 16.0. The van der Waals surface area contributed by atoms with Crippen molar-refractivity contribution in [1.29, 1.82) is 0 Å². The number of alkyl halides is 1. The van der Waals surface area contributed by atoms with E-state index in [2.05, 4.69) is 162 Å². The molecule has 0 saturated carbocycles. The van der Waals surface area contributed by atoms with E-state index in [1.165, 1.54) is 31.7 Å². The largest absolute Gasteiger partial charge is 2.00 e. The number of aryl methyl sites for hydroxylation is 1. The summed E-state index contributed by atoms with van der Waals surface area (Å²) in [6.07, 6.45) is 0.373. The first-order valence-electron chi connectivity index (χ1n) is 21.4. The molecule has 4 nitrogen and oxygen atoms in total. The third-order valence-electron chi connectivity index (χ3n) is 13.1. The van der Waals surface area contributed by atoms with E-state index in [-0.39, 0.29) is 26.3 Å². The number of halogens is 1. The van der Waals surface area contributed by atoms with Crippen LogP contribution in [0.2, 0.25) is 0 Å². The fourth-order valence-corrected chi connectivity index (χ4v) is 15.5. The number of aromatic nitrogens is 4. The van der Waals surface area contributed by atoms with Crippen molar-refractivity contribution >= 4 is 61.7 Å². The Morgan fingerprint density at radius 1 is 0.578 bits per heavy atom. The smallest absolute Gasteiger partial charge is 0.367 e. The van der Waals surface area contributed by atoms with Gasteiger partial charge in [-0.2, -0.15) is 18.2 Å². The summed E-state index contributed by atoms with van der Waals surface area (Å²) < 4.78 is 22.0.